The molecule has 2 aromatic rings. The largest absolute Gasteiger partial charge is 0.493 e. The molecule has 4 nitrogen and oxygen atoms in total. The molecule has 0 aliphatic carbocycles. The fourth-order valence-electron chi connectivity index (χ4n) is 2.42. The fourth-order valence-corrected chi connectivity index (χ4v) is 2.42. The van der Waals surface area contributed by atoms with Crippen LogP contribution in [-0.4, -0.2) is 20.1 Å². The number of methoxy groups -OCH3 is 2. The van der Waals surface area contributed by atoms with E-state index in [-0.39, 0.29) is 5.91 Å². The number of hydrogen-bond donors (Lipinski definition) is 1. The molecule has 0 saturated carbocycles. The summed E-state index contributed by atoms with van der Waals surface area (Å²) in [6, 6.07) is 11.6. The first-order valence-corrected chi connectivity index (χ1v) is 7.67. The minimum atomic E-state index is -0.0513. The first kappa shape index (κ1) is 16.9. The lowest BCUT2D eigenvalue weighted by Crippen LogP contribution is -2.15. The van der Waals surface area contributed by atoms with Gasteiger partial charge in [-0.15, -0.1) is 0 Å². The summed E-state index contributed by atoms with van der Waals surface area (Å²) in [5.74, 6) is 1.25. The molecule has 0 bridgehead atoms. The summed E-state index contributed by atoms with van der Waals surface area (Å²) >= 11 is 0. The molecule has 0 heterocycles. The van der Waals surface area contributed by atoms with E-state index in [1.54, 1.807) is 14.2 Å². The maximum Gasteiger partial charge on any atom is 0.228 e. The van der Waals surface area contributed by atoms with E-state index in [0.717, 1.165) is 23.2 Å². The summed E-state index contributed by atoms with van der Waals surface area (Å²) in [6.45, 7) is 4.06. The minimum Gasteiger partial charge on any atom is -0.493 e. The zero-order valence-electron chi connectivity index (χ0n) is 14.1. The van der Waals surface area contributed by atoms with Crippen molar-refractivity contribution in [2.45, 2.75) is 26.7 Å². The molecule has 0 aromatic heterocycles. The molecule has 0 radical (unpaired) electrons. The molecule has 1 amide bonds. The van der Waals surface area contributed by atoms with Crippen LogP contribution in [0.5, 0.6) is 11.5 Å². The van der Waals surface area contributed by atoms with Crippen LogP contribution >= 0.6 is 0 Å². The van der Waals surface area contributed by atoms with E-state index < -0.39 is 0 Å². The van der Waals surface area contributed by atoms with Crippen molar-refractivity contribution in [2.75, 3.05) is 19.5 Å². The van der Waals surface area contributed by atoms with Crippen LogP contribution in [0.15, 0.2) is 36.4 Å². The molecule has 0 spiro atoms. The fraction of sp³-hybridized carbons (Fsp3) is 0.316. The highest BCUT2D eigenvalue weighted by Crippen LogP contribution is 2.30. The number of anilines is 1. The smallest absolute Gasteiger partial charge is 0.228 e. The third-order valence-corrected chi connectivity index (χ3v) is 3.84. The summed E-state index contributed by atoms with van der Waals surface area (Å²) in [5.41, 5.74) is 3.98. The van der Waals surface area contributed by atoms with Crippen molar-refractivity contribution >= 4 is 11.6 Å². The Morgan fingerprint density at radius 3 is 2.22 bits per heavy atom. The number of aryl methyl sites for hydroxylation is 2. The number of hydrogen-bond acceptors (Lipinski definition) is 3. The van der Waals surface area contributed by atoms with Crippen LogP contribution in [0.4, 0.5) is 5.69 Å². The monoisotopic (exact) mass is 313 g/mol. The second kappa shape index (κ2) is 7.68. The van der Waals surface area contributed by atoms with E-state index in [1.165, 1.54) is 5.56 Å². The van der Waals surface area contributed by atoms with Gasteiger partial charge in [0.05, 0.1) is 20.6 Å². The second-order valence-corrected chi connectivity index (χ2v) is 5.41. The Morgan fingerprint density at radius 2 is 1.65 bits per heavy atom. The van der Waals surface area contributed by atoms with E-state index in [4.69, 9.17) is 9.47 Å². The Labute approximate surface area is 137 Å². The van der Waals surface area contributed by atoms with Crippen molar-refractivity contribution in [1.29, 1.82) is 0 Å². The quantitative estimate of drug-likeness (QED) is 0.883. The topological polar surface area (TPSA) is 47.6 Å². The number of ether oxygens (including phenoxy) is 2. The van der Waals surface area contributed by atoms with E-state index in [9.17, 15) is 4.79 Å². The molecule has 4 heteroatoms. The lowest BCUT2D eigenvalue weighted by Gasteiger charge is -2.13. The molecule has 0 aliphatic rings. The van der Waals surface area contributed by atoms with Gasteiger partial charge in [0.1, 0.15) is 0 Å². The average Bonchev–Trinajstić information content (AvgIpc) is 2.56. The molecular weight excluding hydrogens is 290 g/mol. The van der Waals surface area contributed by atoms with Crippen LogP contribution in [0, 0.1) is 6.92 Å². The zero-order valence-corrected chi connectivity index (χ0v) is 14.1. The Balaban J connectivity index is 2.10. The highest BCUT2D eigenvalue weighted by Gasteiger charge is 2.12. The SMILES string of the molecule is CCc1ccc(NC(=O)Cc2cc(OC)c(OC)cc2C)cc1. The van der Waals surface area contributed by atoms with E-state index in [2.05, 4.69) is 12.2 Å². The Hall–Kier alpha value is -2.49. The first-order valence-electron chi connectivity index (χ1n) is 7.67. The van der Waals surface area contributed by atoms with Crippen LogP contribution in [0.2, 0.25) is 0 Å². The Kier molecular flexibility index (Phi) is 5.63. The van der Waals surface area contributed by atoms with Crippen molar-refractivity contribution in [3.63, 3.8) is 0 Å². The van der Waals surface area contributed by atoms with Crippen LogP contribution in [-0.2, 0) is 17.6 Å². The van der Waals surface area contributed by atoms with Crippen molar-refractivity contribution in [1.82, 2.24) is 0 Å². The predicted octanol–water partition coefficient (Wildman–Crippen LogP) is 3.76. The number of nitrogens with one attached hydrogen (secondary N) is 1. The van der Waals surface area contributed by atoms with Gasteiger partial charge in [-0.1, -0.05) is 19.1 Å². The van der Waals surface area contributed by atoms with Crippen molar-refractivity contribution < 1.29 is 14.3 Å². The normalized spacial score (nSPS) is 10.3. The van der Waals surface area contributed by atoms with Crippen LogP contribution in [0.25, 0.3) is 0 Å². The highest BCUT2D eigenvalue weighted by atomic mass is 16.5. The van der Waals surface area contributed by atoms with Crippen molar-refractivity contribution in [3.8, 4) is 11.5 Å². The third-order valence-electron chi connectivity index (χ3n) is 3.84. The van der Waals surface area contributed by atoms with Crippen LogP contribution < -0.4 is 14.8 Å². The van der Waals surface area contributed by atoms with E-state index in [1.807, 2.05) is 43.3 Å². The summed E-state index contributed by atoms with van der Waals surface area (Å²) < 4.78 is 10.6. The predicted molar refractivity (Wildman–Crippen MR) is 92.4 cm³/mol. The molecule has 0 unspecified atom stereocenters. The van der Waals surface area contributed by atoms with Gasteiger partial charge >= 0.3 is 0 Å². The molecule has 0 aliphatic heterocycles. The summed E-state index contributed by atoms with van der Waals surface area (Å²) in [7, 11) is 3.19. The van der Waals surface area contributed by atoms with Crippen LogP contribution in [0.3, 0.4) is 0 Å². The van der Waals surface area contributed by atoms with Gasteiger partial charge in [0.2, 0.25) is 5.91 Å². The molecular formula is C19H23NO3. The van der Waals surface area contributed by atoms with Crippen molar-refractivity contribution in [2.24, 2.45) is 0 Å². The molecule has 23 heavy (non-hydrogen) atoms. The third kappa shape index (κ3) is 4.25. The lowest BCUT2D eigenvalue weighted by atomic mass is 10.0. The summed E-state index contributed by atoms with van der Waals surface area (Å²) in [4.78, 5) is 12.3. The number of carbonyl (C=O) groups is 1. The van der Waals surface area contributed by atoms with Gasteiger partial charge in [0, 0.05) is 5.69 Å². The number of benzene rings is 2. The summed E-state index contributed by atoms with van der Waals surface area (Å²) in [5, 5.41) is 2.92. The molecule has 0 saturated heterocycles. The average molecular weight is 313 g/mol. The van der Waals surface area contributed by atoms with Gasteiger partial charge in [0.25, 0.3) is 0 Å². The maximum atomic E-state index is 12.3. The zero-order chi connectivity index (χ0) is 16.8. The summed E-state index contributed by atoms with van der Waals surface area (Å²) in [6.07, 6.45) is 1.28. The number of carbonyl (C=O) groups excluding carboxylic acids is 1. The van der Waals surface area contributed by atoms with Crippen molar-refractivity contribution in [3.05, 3.63) is 53.1 Å². The van der Waals surface area contributed by atoms with Gasteiger partial charge in [-0.3, -0.25) is 4.79 Å². The van der Waals surface area contributed by atoms with Gasteiger partial charge in [-0.25, -0.2) is 0 Å². The van der Waals surface area contributed by atoms with Gasteiger partial charge in [-0.05, 0) is 54.3 Å². The molecule has 2 rings (SSSR count). The highest BCUT2D eigenvalue weighted by molar-refractivity contribution is 5.92. The van der Waals surface area contributed by atoms with E-state index in [0.29, 0.717) is 17.9 Å². The molecule has 122 valence electrons. The van der Waals surface area contributed by atoms with Crippen LogP contribution in [0.1, 0.15) is 23.6 Å². The molecule has 0 fully saturated rings. The maximum absolute atomic E-state index is 12.3. The lowest BCUT2D eigenvalue weighted by molar-refractivity contribution is -0.115. The second-order valence-electron chi connectivity index (χ2n) is 5.41. The van der Waals surface area contributed by atoms with Gasteiger partial charge in [0.15, 0.2) is 11.5 Å². The first-order chi connectivity index (χ1) is 11.1. The van der Waals surface area contributed by atoms with Gasteiger partial charge < -0.3 is 14.8 Å². The van der Waals surface area contributed by atoms with Gasteiger partial charge in [-0.2, -0.15) is 0 Å². The Bertz CT molecular complexity index is 678. The molecule has 0 atom stereocenters. The Morgan fingerprint density at radius 1 is 1.04 bits per heavy atom. The van der Waals surface area contributed by atoms with E-state index >= 15 is 0 Å². The standard InChI is InChI=1S/C19H23NO3/c1-5-14-6-8-16(9-7-14)20-19(21)12-15-11-18(23-4)17(22-3)10-13(15)2/h6-11H,5,12H2,1-4H3,(H,20,21). The number of rotatable bonds is 6. The minimum absolute atomic E-state index is 0.0513. The number of amides is 1. The molecule has 1 N–H and O–H groups in total. The molecule has 2 aromatic carbocycles.